The summed E-state index contributed by atoms with van der Waals surface area (Å²) in [5, 5.41) is 0. The maximum atomic E-state index is 6.64. The van der Waals surface area contributed by atoms with E-state index in [2.05, 4.69) is 22.9 Å². The minimum atomic E-state index is 0.442. The van der Waals surface area contributed by atoms with Gasteiger partial charge in [-0.3, -0.25) is 0 Å². The van der Waals surface area contributed by atoms with E-state index in [1.165, 1.54) is 69.8 Å². The zero-order valence-corrected chi connectivity index (χ0v) is 21.4. The van der Waals surface area contributed by atoms with Crippen molar-refractivity contribution in [2.75, 3.05) is 13.6 Å². The number of benzene rings is 2. The number of aliphatic imine (C=N–C) groups is 1. The number of rotatable bonds is 8. The molecule has 1 aliphatic heterocycles. The molecule has 188 valence electrons. The standard InChI is InChI=1S/C30H42N4O/c1-33(25-13-7-3-8-14-25)20-19-29(23-11-5-2-6-12-23)34-22-24-21-27(17-18-28(24)32-30(34)31)35-26-15-9-4-10-16-26/h4,9-10,15-18,21,23,25,29H,2-3,5-8,11-14,19-20,22H2,1H3,(H2,31,32). The van der Waals surface area contributed by atoms with Gasteiger partial charge < -0.3 is 20.3 Å². The summed E-state index contributed by atoms with van der Waals surface area (Å²) in [4.78, 5) is 9.91. The Balaban J connectivity index is 1.32. The third-order valence-corrected chi connectivity index (χ3v) is 8.47. The number of fused-ring (bicyclic) bond motifs is 1. The van der Waals surface area contributed by atoms with E-state index in [1.807, 2.05) is 42.5 Å². The fourth-order valence-electron chi connectivity index (χ4n) is 6.43. The molecule has 2 saturated carbocycles. The molecule has 0 radical (unpaired) electrons. The van der Waals surface area contributed by atoms with Crippen LogP contribution in [0.1, 0.15) is 76.2 Å². The van der Waals surface area contributed by atoms with E-state index in [0.717, 1.165) is 42.7 Å². The van der Waals surface area contributed by atoms with Gasteiger partial charge in [0.2, 0.25) is 0 Å². The maximum absolute atomic E-state index is 6.64. The van der Waals surface area contributed by atoms with Gasteiger partial charge in [-0.2, -0.15) is 0 Å². The molecule has 1 heterocycles. The minimum Gasteiger partial charge on any atom is -0.457 e. The van der Waals surface area contributed by atoms with Crippen LogP contribution in [0, 0.1) is 5.92 Å². The monoisotopic (exact) mass is 474 g/mol. The van der Waals surface area contributed by atoms with E-state index in [-0.39, 0.29) is 0 Å². The largest absolute Gasteiger partial charge is 0.457 e. The molecule has 2 aliphatic carbocycles. The van der Waals surface area contributed by atoms with Crippen molar-refractivity contribution in [1.29, 1.82) is 0 Å². The number of hydrogen-bond acceptors (Lipinski definition) is 5. The molecule has 0 amide bonds. The van der Waals surface area contributed by atoms with Gasteiger partial charge in [0, 0.05) is 30.7 Å². The van der Waals surface area contributed by atoms with Gasteiger partial charge in [-0.15, -0.1) is 0 Å². The molecule has 0 bridgehead atoms. The summed E-state index contributed by atoms with van der Waals surface area (Å²) in [6.45, 7) is 1.95. The second-order valence-corrected chi connectivity index (χ2v) is 10.8. The lowest BCUT2D eigenvalue weighted by Gasteiger charge is -2.42. The lowest BCUT2D eigenvalue weighted by atomic mass is 9.81. The average Bonchev–Trinajstić information content (AvgIpc) is 2.91. The molecule has 2 N–H and O–H groups in total. The van der Waals surface area contributed by atoms with Gasteiger partial charge in [0.15, 0.2) is 5.96 Å². The first-order valence-corrected chi connectivity index (χ1v) is 13.8. The molecule has 0 spiro atoms. The lowest BCUT2D eigenvalue weighted by molar-refractivity contribution is 0.129. The van der Waals surface area contributed by atoms with Crippen molar-refractivity contribution in [2.45, 2.75) is 89.3 Å². The third kappa shape index (κ3) is 6.00. The molecular weight excluding hydrogens is 432 g/mol. The molecule has 1 unspecified atom stereocenters. The number of hydrogen-bond donors (Lipinski definition) is 1. The van der Waals surface area contributed by atoms with Crippen LogP contribution in [0.25, 0.3) is 0 Å². The van der Waals surface area contributed by atoms with Crippen LogP contribution < -0.4 is 10.5 Å². The van der Waals surface area contributed by atoms with Gasteiger partial charge in [-0.25, -0.2) is 4.99 Å². The molecule has 0 saturated heterocycles. The van der Waals surface area contributed by atoms with Crippen LogP contribution in [0.15, 0.2) is 53.5 Å². The van der Waals surface area contributed by atoms with E-state index in [1.54, 1.807) is 0 Å². The van der Waals surface area contributed by atoms with E-state index in [9.17, 15) is 0 Å². The second kappa shape index (κ2) is 11.5. The first kappa shape index (κ1) is 24.2. The topological polar surface area (TPSA) is 54.1 Å². The second-order valence-electron chi connectivity index (χ2n) is 10.8. The zero-order valence-electron chi connectivity index (χ0n) is 21.4. The van der Waals surface area contributed by atoms with Crippen molar-refractivity contribution in [2.24, 2.45) is 16.6 Å². The molecule has 0 aromatic heterocycles. The van der Waals surface area contributed by atoms with Crippen LogP contribution in [0.3, 0.4) is 0 Å². The summed E-state index contributed by atoms with van der Waals surface area (Å²) < 4.78 is 6.12. The van der Waals surface area contributed by atoms with E-state index >= 15 is 0 Å². The Hall–Kier alpha value is -2.53. The lowest BCUT2D eigenvalue weighted by Crippen LogP contribution is -2.50. The van der Waals surface area contributed by atoms with Crippen LogP contribution in [-0.2, 0) is 6.54 Å². The fraction of sp³-hybridized carbons (Fsp3) is 0.567. The van der Waals surface area contributed by atoms with Crippen molar-refractivity contribution in [3.8, 4) is 11.5 Å². The number of ether oxygens (including phenoxy) is 1. The van der Waals surface area contributed by atoms with Crippen molar-refractivity contribution >= 4 is 11.6 Å². The SMILES string of the molecule is CN(CCC(C1CCCCC1)N1Cc2cc(Oc3ccccc3)ccc2N=C1N)C1CCCCC1. The summed E-state index contributed by atoms with van der Waals surface area (Å²) in [5.41, 5.74) is 8.82. The molecule has 5 nitrogen and oxygen atoms in total. The predicted octanol–water partition coefficient (Wildman–Crippen LogP) is 6.84. The number of para-hydroxylation sites is 1. The highest BCUT2D eigenvalue weighted by atomic mass is 16.5. The Bertz CT molecular complexity index is 979. The molecule has 5 rings (SSSR count). The minimum absolute atomic E-state index is 0.442. The summed E-state index contributed by atoms with van der Waals surface area (Å²) >= 11 is 0. The molecular formula is C30H42N4O. The number of nitrogens with zero attached hydrogens (tertiary/aromatic N) is 3. The van der Waals surface area contributed by atoms with Gasteiger partial charge in [0.25, 0.3) is 0 Å². The van der Waals surface area contributed by atoms with Crippen LogP contribution in [-0.4, -0.2) is 41.4 Å². The molecule has 1 atom stereocenters. The molecule has 2 aromatic rings. The Labute approximate surface area is 211 Å². The van der Waals surface area contributed by atoms with Crippen molar-refractivity contribution in [3.05, 3.63) is 54.1 Å². The van der Waals surface area contributed by atoms with Crippen LogP contribution in [0.5, 0.6) is 11.5 Å². The number of guanidine groups is 1. The number of nitrogens with two attached hydrogens (primary N) is 1. The van der Waals surface area contributed by atoms with Gasteiger partial charge >= 0.3 is 0 Å². The molecule has 3 aliphatic rings. The summed E-state index contributed by atoms with van der Waals surface area (Å²) in [6, 6.07) is 17.4. The Morgan fingerprint density at radius 2 is 1.66 bits per heavy atom. The zero-order chi connectivity index (χ0) is 24.0. The summed E-state index contributed by atoms with van der Waals surface area (Å²) in [6.07, 6.45) is 14.7. The molecule has 2 aromatic carbocycles. The molecule has 35 heavy (non-hydrogen) atoms. The Morgan fingerprint density at radius 3 is 2.40 bits per heavy atom. The Morgan fingerprint density at radius 1 is 0.943 bits per heavy atom. The average molecular weight is 475 g/mol. The van der Waals surface area contributed by atoms with Crippen LogP contribution in [0.2, 0.25) is 0 Å². The van der Waals surface area contributed by atoms with E-state index < -0.39 is 0 Å². The summed E-state index contributed by atoms with van der Waals surface area (Å²) in [7, 11) is 2.34. The fourth-order valence-corrected chi connectivity index (χ4v) is 6.43. The first-order chi connectivity index (χ1) is 17.2. The van der Waals surface area contributed by atoms with Gasteiger partial charge in [0.1, 0.15) is 11.5 Å². The third-order valence-electron chi connectivity index (χ3n) is 8.47. The molecule has 2 fully saturated rings. The van der Waals surface area contributed by atoms with Crippen molar-refractivity contribution in [1.82, 2.24) is 9.80 Å². The van der Waals surface area contributed by atoms with Gasteiger partial charge in [-0.05, 0) is 75.4 Å². The van der Waals surface area contributed by atoms with E-state index in [4.69, 9.17) is 15.5 Å². The van der Waals surface area contributed by atoms with E-state index in [0.29, 0.717) is 17.9 Å². The van der Waals surface area contributed by atoms with Gasteiger partial charge in [-0.1, -0.05) is 56.7 Å². The highest BCUT2D eigenvalue weighted by Gasteiger charge is 2.33. The highest BCUT2D eigenvalue weighted by molar-refractivity contribution is 5.84. The smallest absolute Gasteiger partial charge is 0.197 e. The summed E-state index contributed by atoms with van der Waals surface area (Å²) in [5.74, 6) is 3.10. The first-order valence-electron chi connectivity index (χ1n) is 13.8. The van der Waals surface area contributed by atoms with Gasteiger partial charge in [0.05, 0.1) is 5.69 Å². The molecule has 5 heteroatoms. The van der Waals surface area contributed by atoms with Crippen molar-refractivity contribution < 1.29 is 4.74 Å². The van der Waals surface area contributed by atoms with Crippen molar-refractivity contribution in [3.63, 3.8) is 0 Å². The van der Waals surface area contributed by atoms with Crippen LogP contribution in [0.4, 0.5) is 5.69 Å². The maximum Gasteiger partial charge on any atom is 0.197 e. The van der Waals surface area contributed by atoms with Crippen LogP contribution >= 0.6 is 0 Å². The quantitative estimate of drug-likeness (QED) is 0.455. The Kier molecular flexibility index (Phi) is 7.92. The normalized spacial score (nSPS) is 20.4. The predicted molar refractivity (Wildman–Crippen MR) is 144 cm³/mol. The highest BCUT2D eigenvalue weighted by Crippen LogP contribution is 2.36.